The molecular weight excluding hydrogens is 660 g/mol. The summed E-state index contributed by atoms with van der Waals surface area (Å²) in [6.07, 6.45) is -0.332. The van der Waals surface area contributed by atoms with Gasteiger partial charge >= 0.3 is 16.4 Å². The first kappa shape index (κ1) is 38.3. The molecular formula is C37H48N4O8S. The monoisotopic (exact) mass is 708 g/mol. The van der Waals surface area contributed by atoms with Gasteiger partial charge in [0.1, 0.15) is 17.9 Å². The van der Waals surface area contributed by atoms with Gasteiger partial charge in [0.15, 0.2) is 6.61 Å². The zero-order valence-electron chi connectivity index (χ0n) is 29.0. The standard InChI is InChI=1S/C37H48N4O8S/c1-25(2)34(41-20-12-19-38-37(41)44)36(43)39-30(21-28-15-7-5-8-16-28)23-32(49-50(45,46)47)31(22-29-17-9-6-10-18-29)40-33(42)24-48-35-26(3)13-11-14-27(35)4/h5-11,13-18,25,30-32,34H,12,19-24H2,1-4H3,(H,38,44)(H,39,43)(H,40,42)(H,45,46,47). The zero-order valence-corrected chi connectivity index (χ0v) is 29.8. The summed E-state index contributed by atoms with van der Waals surface area (Å²) in [6, 6.07) is 21.3. The molecule has 4 unspecified atom stereocenters. The second kappa shape index (κ2) is 18.0. The van der Waals surface area contributed by atoms with E-state index in [0.29, 0.717) is 25.3 Å². The molecule has 1 saturated heterocycles. The Balaban J connectivity index is 1.65. The predicted molar refractivity (Wildman–Crippen MR) is 190 cm³/mol. The van der Waals surface area contributed by atoms with Gasteiger partial charge in [-0.05, 0) is 67.7 Å². The average molecular weight is 709 g/mol. The Hall–Kier alpha value is -4.46. The van der Waals surface area contributed by atoms with Crippen molar-refractivity contribution < 1.29 is 36.3 Å². The van der Waals surface area contributed by atoms with Gasteiger partial charge in [0.05, 0.1) is 6.04 Å². The SMILES string of the molecule is Cc1cccc(C)c1OCC(=O)NC(Cc1ccccc1)C(CC(Cc1ccccc1)NC(=O)C(C(C)C)N1CCCNC1=O)OS(=O)(=O)O. The number of rotatable bonds is 17. The fourth-order valence-electron chi connectivity index (χ4n) is 6.36. The van der Waals surface area contributed by atoms with E-state index in [4.69, 9.17) is 8.92 Å². The lowest BCUT2D eigenvalue weighted by Gasteiger charge is -2.37. The van der Waals surface area contributed by atoms with Crippen LogP contribution < -0.4 is 20.7 Å². The van der Waals surface area contributed by atoms with Gasteiger partial charge in [-0.3, -0.25) is 14.1 Å². The third-order valence-electron chi connectivity index (χ3n) is 8.63. The van der Waals surface area contributed by atoms with Crippen molar-refractivity contribution >= 4 is 28.2 Å². The molecule has 0 aliphatic carbocycles. The van der Waals surface area contributed by atoms with E-state index >= 15 is 0 Å². The Bertz CT molecular complexity index is 1670. The van der Waals surface area contributed by atoms with Crippen LogP contribution in [0.3, 0.4) is 0 Å². The van der Waals surface area contributed by atoms with E-state index in [1.807, 2.05) is 107 Å². The van der Waals surface area contributed by atoms with Gasteiger partial charge < -0.3 is 25.6 Å². The minimum Gasteiger partial charge on any atom is -0.483 e. The molecule has 1 fully saturated rings. The van der Waals surface area contributed by atoms with Crippen molar-refractivity contribution in [2.75, 3.05) is 19.7 Å². The number of benzene rings is 3. The third-order valence-corrected chi connectivity index (χ3v) is 9.12. The molecule has 12 nitrogen and oxygen atoms in total. The summed E-state index contributed by atoms with van der Waals surface area (Å²) < 4.78 is 45.8. The molecule has 50 heavy (non-hydrogen) atoms. The predicted octanol–water partition coefficient (Wildman–Crippen LogP) is 4.16. The molecule has 0 aromatic heterocycles. The highest BCUT2D eigenvalue weighted by Gasteiger charge is 2.37. The molecule has 0 bridgehead atoms. The third kappa shape index (κ3) is 11.6. The second-order valence-corrected chi connectivity index (χ2v) is 14.1. The van der Waals surface area contributed by atoms with E-state index < -0.39 is 46.4 Å². The van der Waals surface area contributed by atoms with Gasteiger partial charge in [-0.2, -0.15) is 8.42 Å². The Labute approximate surface area is 294 Å². The number of nitrogens with one attached hydrogen (secondary N) is 3. The van der Waals surface area contributed by atoms with Gasteiger partial charge in [0, 0.05) is 19.1 Å². The summed E-state index contributed by atoms with van der Waals surface area (Å²) in [7, 11) is -5.02. The number of hydrogen-bond acceptors (Lipinski definition) is 7. The van der Waals surface area contributed by atoms with Crippen molar-refractivity contribution in [3.63, 3.8) is 0 Å². The van der Waals surface area contributed by atoms with E-state index in [-0.39, 0.29) is 37.8 Å². The Morgan fingerprint density at radius 1 is 0.900 bits per heavy atom. The summed E-state index contributed by atoms with van der Waals surface area (Å²) >= 11 is 0. The molecule has 4 rings (SSSR count). The van der Waals surface area contributed by atoms with Crippen molar-refractivity contribution in [1.29, 1.82) is 0 Å². The number of carbonyl (C=O) groups is 3. The van der Waals surface area contributed by atoms with Gasteiger partial charge in [-0.15, -0.1) is 0 Å². The summed E-state index contributed by atoms with van der Waals surface area (Å²) in [5.41, 5.74) is 3.34. The van der Waals surface area contributed by atoms with Crippen LogP contribution in [0.2, 0.25) is 0 Å². The highest BCUT2D eigenvalue weighted by Crippen LogP contribution is 2.23. The molecule has 1 heterocycles. The van der Waals surface area contributed by atoms with Crippen molar-refractivity contribution in [3.05, 3.63) is 101 Å². The maximum atomic E-state index is 14.0. The first-order chi connectivity index (χ1) is 23.8. The Kier molecular flexibility index (Phi) is 13.8. The fraction of sp³-hybridized carbons (Fsp3) is 0.432. The quantitative estimate of drug-likeness (QED) is 0.152. The number of para-hydroxylation sites is 1. The summed E-state index contributed by atoms with van der Waals surface area (Å²) in [5, 5.41) is 8.74. The maximum Gasteiger partial charge on any atom is 0.397 e. The van der Waals surface area contributed by atoms with Crippen LogP contribution >= 0.6 is 0 Å². The average Bonchev–Trinajstić information content (AvgIpc) is 3.05. The molecule has 3 aromatic carbocycles. The lowest BCUT2D eigenvalue weighted by Crippen LogP contribution is -2.59. The van der Waals surface area contributed by atoms with Crippen molar-refractivity contribution in [2.45, 2.75) is 77.6 Å². The number of amides is 4. The number of nitrogens with zero attached hydrogens (tertiary/aromatic N) is 1. The molecule has 1 aliphatic rings. The second-order valence-electron chi connectivity index (χ2n) is 13.0. The summed E-state index contributed by atoms with van der Waals surface area (Å²) in [4.78, 5) is 41.7. The van der Waals surface area contributed by atoms with Crippen LogP contribution in [0.25, 0.3) is 0 Å². The fourth-order valence-corrected chi connectivity index (χ4v) is 6.88. The lowest BCUT2D eigenvalue weighted by atomic mass is 9.92. The van der Waals surface area contributed by atoms with Crippen molar-refractivity contribution in [3.8, 4) is 5.75 Å². The highest BCUT2D eigenvalue weighted by atomic mass is 32.3. The molecule has 1 aliphatic heterocycles. The Morgan fingerprint density at radius 2 is 1.50 bits per heavy atom. The van der Waals surface area contributed by atoms with E-state index in [2.05, 4.69) is 16.0 Å². The van der Waals surface area contributed by atoms with Crippen LogP contribution in [-0.2, 0) is 37.0 Å². The molecule has 3 aromatic rings. The number of aryl methyl sites for hydroxylation is 2. The van der Waals surface area contributed by atoms with Crippen molar-refractivity contribution in [2.24, 2.45) is 5.92 Å². The normalized spacial score (nSPS) is 15.8. The smallest absolute Gasteiger partial charge is 0.397 e. The minimum absolute atomic E-state index is 0.118. The van der Waals surface area contributed by atoms with Crippen LogP contribution in [0.4, 0.5) is 4.79 Å². The van der Waals surface area contributed by atoms with E-state index in [0.717, 1.165) is 22.3 Å². The van der Waals surface area contributed by atoms with E-state index in [1.165, 1.54) is 4.90 Å². The van der Waals surface area contributed by atoms with Crippen LogP contribution in [0, 0.1) is 19.8 Å². The van der Waals surface area contributed by atoms with E-state index in [1.54, 1.807) is 0 Å². The highest BCUT2D eigenvalue weighted by molar-refractivity contribution is 7.80. The molecule has 0 spiro atoms. The molecule has 270 valence electrons. The van der Waals surface area contributed by atoms with Crippen molar-refractivity contribution in [1.82, 2.24) is 20.9 Å². The minimum atomic E-state index is -5.02. The maximum absolute atomic E-state index is 14.0. The van der Waals surface area contributed by atoms with Gasteiger partial charge in [-0.25, -0.2) is 8.98 Å². The summed E-state index contributed by atoms with van der Waals surface area (Å²) in [6.45, 7) is 8.04. The van der Waals surface area contributed by atoms with Gasteiger partial charge in [0.2, 0.25) is 5.91 Å². The topological polar surface area (TPSA) is 163 Å². The molecule has 0 radical (unpaired) electrons. The van der Waals surface area contributed by atoms with E-state index in [9.17, 15) is 27.4 Å². The number of carbonyl (C=O) groups excluding carboxylic acids is 3. The number of ether oxygens (including phenoxy) is 1. The number of hydrogen-bond donors (Lipinski definition) is 4. The largest absolute Gasteiger partial charge is 0.483 e. The summed E-state index contributed by atoms with van der Waals surface area (Å²) in [5.74, 6) is -0.602. The van der Waals surface area contributed by atoms with Crippen LogP contribution in [0.1, 0.15) is 48.9 Å². The zero-order chi connectivity index (χ0) is 36.3. The first-order valence-electron chi connectivity index (χ1n) is 16.9. The number of urea groups is 1. The lowest BCUT2D eigenvalue weighted by molar-refractivity contribution is -0.128. The Morgan fingerprint density at radius 3 is 2.06 bits per heavy atom. The van der Waals surface area contributed by atoms with Crippen LogP contribution in [0.5, 0.6) is 5.75 Å². The van der Waals surface area contributed by atoms with Gasteiger partial charge in [-0.1, -0.05) is 92.7 Å². The molecule has 4 atom stereocenters. The first-order valence-corrected chi connectivity index (χ1v) is 18.2. The van der Waals surface area contributed by atoms with Crippen LogP contribution in [-0.4, -0.2) is 79.6 Å². The van der Waals surface area contributed by atoms with Crippen LogP contribution in [0.15, 0.2) is 78.9 Å². The molecule has 4 amide bonds. The molecule has 13 heteroatoms. The van der Waals surface area contributed by atoms with Gasteiger partial charge in [0.25, 0.3) is 5.91 Å². The molecule has 4 N–H and O–H groups in total. The molecule has 0 saturated carbocycles.